The molecular formula is C17H14ClNO5. The third-order valence-electron chi connectivity index (χ3n) is 4.14. The number of aliphatic carboxylic acids is 1. The first kappa shape index (κ1) is 16.3. The third kappa shape index (κ3) is 3.19. The van der Waals surface area contributed by atoms with Crippen LogP contribution in [0.1, 0.15) is 29.4 Å². The predicted molar refractivity (Wildman–Crippen MR) is 87.6 cm³/mol. The van der Waals surface area contributed by atoms with Gasteiger partial charge in [-0.05, 0) is 24.3 Å². The third-order valence-corrected chi connectivity index (χ3v) is 4.37. The summed E-state index contributed by atoms with van der Waals surface area (Å²) in [6.45, 7) is -0.385. The summed E-state index contributed by atoms with van der Waals surface area (Å²) in [4.78, 5) is 22.1. The summed E-state index contributed by atoms with van der Waals surface area (Å²) in [5.41, 5.74) is 1.21. The first-order chi connectivity index (χ1) is 11.5. The zero-order valence-corrected chi connectivity index (χ0v) is 13.3. The van der Waals surface area contributed by atoms with Crippen LogP contribution in [0.5, 0.6) is 11.5 Å². The summed E-state index contributed by atoms with van der Waals surface area (Å²) in [5, 5.41) is 20.9. The Bertz CT molecular complexity index is 807. The van der Waals surface area contributed by atoms with Crippen LogP contribution < -0.4 is 4.74 Å². The molecule has 0 bridgehead atoms. The first-order valence-corrected chi connectivity index (χ1v) is 7.73. The monoisotopic (exact) mass is 347 g/mol. The van der Waals surface area contributed by atoms with Crippen molar-refractivity contribution in [3.8, 4) is 11.5 Å². The number of nitrogens with zero attached hydrogens (tertiary/aromatic N) is 1. The van der Waals surface area contributed by atoms with Gasteiger partial charge in [-0.15, -0.1) is 0 Å². The van der Waals surface area contributed by atoms with E-state index in [0.29, 0.717) is 27.6 Å². The summed E-state index contributed by atoms with van der Waals surface area (Å²) in [6, 6.07) is 11.9. The Labute approximate surface area is 142 Å². The second-order valence-corrected chi connectivity index (χ2v) is 6.08. The molecule has 24 heavy (non-hydrogen) atoms. The van der Waals surface area contributed by atoms with Crippen LogP contribution in [-0.2, 0) is 4.79 Å². The van der Waals surface area contributed by atoms with Crippen LogP contribution >= 0.6 is 11.6 Å². The summed E-state index contributed by atoms with van der Waals surface area (Å²) in [6.07, 6.45) is -0.246. The fourth-order valence-electron chi connectivity index (χ4n) is 3.16. The van der Waals surface area contributed by atoms with E-state index in [1.54, 1.807) is 42.5 Å². The molecule has 0 aliphatic carbocycles. The number of benzene rings is 2. The maximum atomic E-state index is 11.4. The van der Waals surface area contributed by atoms with E-state index in [2.05, 4.69) is 0 Å². The SMILES string of the molecule is O=C(O)CC1c2cc(Cl)ccc2Oc2ccccc2C1C[N+](=O)[O-]. The number of nitro groups is 1. The second kappa shape index (κ2) is 6.49. The van der Waals surface area contributed by atoms with Crippen molar-refractivity contribution in [2.75, 3.05) is 6.54 Å². The van der Waals surface area contributed by atoms with Gasteiger partial charge in [-0.25, -0.2) is 0 Å². The lowest BCUT2D eigenvalue weighted by atomic mass is 9.79. The molecule has 1 N–H and O–H groups in total. The highest BCUT2D eigenvalue weighted by Crippen LogP contribution is 2.48. The zero-order valence-electron chi connectivity index (χ0n) is 12.5. The van der Waals surface area contributed by atoms with Crippen LogP contribution in [0.3, 0.4) is 0 Å². The van der Waals surface area contributed by atoms with Crippen molar-refractivity contribution in [1.29, 1.82) is 0 Å². The molecule has 124 valence electrons. The molecule has 3 rings (SSSR count). The molecule has 0 aromatic heterocycles. The molecule has 0 amide bonds. The molecule has 0 radical (unpaired) electrons. The van der Waals surface area contributed by atoms with Crippen molar-refractivity contribution in [3.63, 3.8) is 0 Å². The Morgan fingerprint density at radius 3 is 2.58 bits per heavy atom. The highest BCUT2D eigenvalue weighted by Gasteiger charge is 2.37. The van der Waals surface area contributed by atoms with Crippen LogP contribution in [0.15, 0.2) is 42.5 Å². The fraction of sp³-hybridized carbons (Fsp3) is 0.235. The van der Waals surface area contributed by atoms with E-state index in [0.717, 1.165) is 0 Å². The lowest BCUT2D eigenvalue weighted by Gasteiger charge is -2.22. The molecule has 1 heterocycles. The summed E-state index contributed by atoms with van der Waals surface area (Å²) in [5.74, 6) is -1.28. The van der Waals surface area contributed by atoms with E-state index in [1.807, 2.05) is 0 Å². The topological polar surface area (TPSA) is 89.7 Å². The maximum Gasteiger partial charge on any atom is 0.303 e. The van der Waals surface area contributed by atoms with Gasteiger partial charge in [0.2, 0.25) is 6.54 Å². The van der Waals surface area contributed by atoms with Gasteiger partial charge in [0.05, 0.1) is 12.3 Å². The van der Waals surface area contributed by atoms with Crippen LogP contribution in [0, 0.1) is 10.1 Å². The molecular weight excluding hydrogens is 334 g/mol. The quantitative estimate of drug-likeness (QED) is 0.665. The predicted octanol–water partition coefficient (Wildman–Crippen LogP) is 4.06. The molecule has 1 aliphatic heterocycles. The average molecular weight is 348 g/mol. The van der Waals surface area contributed by atoms with Gasteiger partial charge in [-0.1, -0.05) is 29.8 Å². The summed E-state index contributed by atoms with van der Waals surface area (Å²) in [7, 11) is 0. The van der Waals surface area contributed by atoms with Gasteiger partial charge in [0.15, 0.2) is 0 Å². The molecule has 2 unspecified atom stereocenters. The molecule has 0 saturated carbocycles. The number of halogens is 1. The number of carboxylic acids is 1. The molecule has 7 heteroatoms. The summed E-state index contributed by atoms with van der Waals surface area (Å²) < 4.78 is 5.91. The minimum Gasteiger partial charge on any atom is -0.481 e. The summed E-state index contributed by atoms with van der Waals surface area (Å²) >= 11 is 6.06. The van der Waals surface area contributed by atoms with Crippen molar-refractivity contribution >= 4 is 17.6 Å². The molecule has 2 atom stereocenters. The van der Waals surface area contributed by atoms with Crippen LogP contribution in [-0.4, -0.2) is 22.5 Å². The Morgan fingerprint density at radius 2 is 1.88 bits per heavy atom. The van der Waals surface area contributed by atoms with E-state index in [1.165, 1.54) is 0 Å². The Hall–Kier alpha value is -2.60. The number of rotatable bonds is 4. The Morgan fingerprint density at radius 1 is 1.17 bits per heavy atom. The lowest BCUT2D eigenvalue weighted by Crippen LogP contribution is -2.21. The van der Waals surface area contributed by atoms with Crippen molar-refractivity contribution in [2.45, 2.75) is 18.3 Å². The smallest absolute Gasteiger partial charge is 0.303 e. The fourth-order valence-corrected chi connectivity index (χ4v) is 3.34. The highest BCUT2D eigenvalue weighted by molar-refractivity contribution is 6.30. The van der Waals surface area contributed by atoms with E-state index < -0.39 is 22.7 Å². The number of hydrogen-bond acceptors (Lipinski definition) is 4. The minimum atomic E-state index is -1.03. The zero-order chi connectivity index (χ0) is 17.3. The highest BCUT2D eigenvalue weighted by atomic mass is 35.5. The van der Waals surface area contributed by atoms with E-state index in [4.69, 9.17) is 16.3 Å². The van der Waals surface area contributed by atoms with E-state index in [9.17, 15) is 20.0 Å². The standard InChI is InChI=1S/C17H14ClNO5/c18-10-5-6-16-13(7-10)12(8-17(20)21)14(9-19(22)23)11-3-1-2-4-15(11)24-16/h1-7,12,14H,8-9H2,(H,20,21). The van der Waals surface area contributed by atoms with Gasteiger partial charge >= 0.3 is 5.97 Å². The number of para-hydroxylation sites is 1. The molecule has 2 aromatic rings. The van der Waals surface area contributed by atoms with Crippen molar-refractivity contribution in [1.82, 2.24) is 0 Å². The number of ether oxygens (including phenoxy) is 1. The lowest BCUT2D eigenvalue weighted by molar-refractivity contribution is -0.484. The van der Waals surface area contributed by atoms with Crippen LogP contribution in [0.25, 0.3) is 0 Å². The van der Waals surface area contributed by atoms with Crippen molar-refractivity contribution in [2.24, 2.45) is 0 Å². The first-order valence-electron chi connectivity index (χ1n) is 7.35. The van der Waals surface area contributed by atoms with Gasteiger partial charge in [0, 0.05) is 27.0 Å². The van der Waals surface area contributed by atoms with Crippen molar-refractivity contribution in [3.05, 3.63) is 68.7 Å². The van der Waals surface area contributed by atoms with Crippen molar-refractivity contribution < 1.29 is 19.6 Å². The Kier molecular flexibility index (Phi) is 4.40. The largest absolute Gasteiger partial charge is 0.481 e. The number of fused-ring (bicyclic) bond motifs is 2. The van der Waals surface area contributed by atoms with Gasteiger partial charge in [-0.3, -0.25) is 14.9 Å². The number of carbonyl (C=O) groups is 1. The number of hydrogen-bond donors (Lipinski definition) is 1. The van der Waals surface area contributed by atoms with E-state index >= 15 is 0 Å². The maximum absolute atomic E-state index is 11.4. The van der Waals surface area contributed by atoms with Gasteiger partial charge in [0.25, 0.3) is 0 Å². The molecule has 2 aromatic carbocycles. The van der Waals surface area contributed by atoms with Crippen LogP contribution in [0.2, 0.25) is 5.02 Å². The average Bonchev–Trinajstić information content (AvgIpc) is 2.63. The minimum absolute atomic E-state index is 0.246. The van der Waals surface area contributed by atoms with Gasteiger partial charge in [0.1, 0.15) is 11.5 Å². The normalized spacial score (nSPS) is 18.7. The Balaban J connectivity index is 2.21. The van der Waals surface area contributed by atoms with Crippen LogP contribution in [0.4, 0.5) is 0 Å². The second-order valence-electron chi connectivity index (χ2n) is 5.65. The molecule has 1 aliphatic rings. The van der Waals surface area contributed by atoms with E-state index in [-0.39, 0.29) is 13.0 Å². The van der Waals surface area contributed by atoms with Gasteiger partial charge < -0.3 is 9.84 Å². The molecule has 0 saturated heterocycles. The molecule has 6 nitrogen and oxygen atoms in total. The number of carboxylic acid groups (broad SMARTS) is 1. The molecule has 0 spiro atoms. The molecule has 0 fully saturated rings. The van der Waals surface area contributed by atoms with Gasteiger partial charge in [-0.2, -0.15) is 0 Å².